The molecule has 0 radical (unpaired) electrons. The highest BCUT2D eigenvalue weighted by molar-refractivity contribution is 8.27. The van der Waals surface area contributed by atoms with Gasteiger partial charge in [-0.2, -0.15) is 0 Å². The Morgan fingerprint density at radius 2 is 0.284 bits per heavy atom. The molecule has 4 unspecified atom stereocenters. The van der Waals surface area contributed by atoms with E-state index in [9.17, 15) is 0 Å². The van der Waals surface area contributed by atoms with Gasteiger partial charge in [-0.3, -0.25) is 0 Å². The Morgan fingerprint density at radius 1 is 0.115 bits per heavy atom. The van der Waals surface area contributed by atoms with Crippen LogP contribution in [0.3, 0.4) is 0 Å². The highest BCUT2D eigenvalue weighted by Gasteiger charge is 2.50. The normalized spacial score (nSPS) is 16.5. The van der Waals surface area contributed by atoms with Crippen LogP contribution < -0.4 is 102 Å². The summed E-state index contributed by atoms with van der Waals surface area (Å²) >= 11 is 27.2. The van der Waals surface area contributed by atoms with Gasteiger partial charge in [0, 0.05) is 64.7 Å². The zero-order chi connectivity index (χ0) is 98.8. The van der Waals surface area contributed by atoms with Gasteiger partial charge in [-0.1, -0.05) is 411 Å². The van der Waals surface area contributed by atoms with Crippen molar-refractivity contribution in [1.29, 1.82) is 0 Å². The lowest BCUT2D eigenvalue weighted by Gasteiger charge is -2.38. The minimum atomic E-state index is -2.54. The first-order valence-electron chi connectivity index (χ1n) is 49.0. The van der Waals surface area contributed by atoms with Crippen molar-refractivity contribution in [2.45, 2.75) is 0 Å². The average molecular weight is 2050 g/mol. The topological polar surface area (TPSA) is 73.8 Å². The predicted octanol–water partition coefficient (Wildman–Crippen LogP) is 31.3. The van der Waals surface area contributed by atoms with Gasteiger partial charge in [0.2, 0.25) is 0 Å². The van der Waals surface area contributed by atoms with Crippen molar-refractivity contribution in [3.05, 3.63) is 510 Å². The van der Waals surface area contributed by atoms with Crippen LogP contribution >= 0.6 is 24.2 Å². The van der Waals surface area contributed by atoms with E-state index in [1.54, 1.807) is 0 Å². The first-order valence-corrected chi connectivity index (χ1v) is 60.2. The Kier molecular flexibility index (Phi) is 22.7. The first-order chi connectivity index (χ1) is 72.9. The summed E-state index contributed by atoms with van der Waals surface area (Å²) in [7, 11) is 0. The molecule has 16 heteroatoms. The molecule has 8 nitrogen and oxygen atoms in total. The molecule has 0 amide bonds. The Labute approximate surface area is 878 Å². The van der Waals surface area contributed by atoms with Gasteiger partial charge in [0.1, 0.15) is 92.0 Å². The molecule has 0 aromatic heterocycles. The molecule has 0 fully saturated rings. The molecule has 8 aliphatic rings. The van der Waals surface area contributed by atoms with Crippen LogP contribution in [0.4, 0.5) is 0 Å². The number of benzene rings is 22. The lowest BCUT2D eigenvalue weighted by atomic mass is 10.0. The smallest absolute Gasteiger partial charge is 0.148 e. The summed E-state index contributed by atoms with van der Waals surface area (Å²) < 4.78 is 52.9. The zero-order valence-electron chi connectivity index (χ0n) is 79.2. The first kappa shape index (κ1) is 90.6. The lowest BCUT2D eigenvalue weighted by molar-refractivity contribution is 0.467. The van der Waals surface area contributed by atoms with E-state index in [1.165, 1.54) is 0 Å². The third-order valence-electron chi connectivity index (χ3n) is 28.5. The maximum absolute atomic E-state index is 6.89. The van der Waals surface area contributed by atoms with E-state index in [-0.39, 0.29) is 0 Å². The third kappa shape index (κ3) is 15.3. The standard InChI is InChI=1S/2C36H23O2PS.2C30H19O2PS/c40-39-33-21-17-27(24-10-4-1-5-11-24)22-32(33)37-31-20-18-29(26-14-8-3-9-15-26)35(36(31)39)38-30-19-16-28(23-34(30)39)25-12-6-2-7-13-25;40-39-33-21-17-27(24-10-4-1-5-11-24)22-32(33)38-35-29(26-14-8-3-9-15-26)18-20-31(36(35)39)37-30-19-16-28(23-34(30)39)25-12-6-2-7-13-25;34-33-27-14-8-7-13-24(27)32-29-23(21-11-5-2-6-12-21)16-18-26(30(29)33)31-25-17-15-22(19-28(25)33)20-9-3-1-4-10-20;34-33-27-14-8-7-13-24(27)31-26-18-16-23(21-11-5-2-6-12-21)29(30(26)33)32-25-17-15-22(19-28(25)33)20-9-3-1-4-10-20/h2*1-23H;2*1-19H. The van der Waals surface area contributed by atoms with Crippen molar-refractivity contribution in [1.82, 2.24) is 0 Å². The fourth-order valence-electron chi connectivity index (χ4n) is 21.5. The summed E-state index contributed by atoms with van der Waals surface area (Å²) in [6.45, 7) is 0. The van der Waals surface area contributed by atoms with Crippen molar-refractivity contribution >= 4 is 135 Å². The van der Waals surface area contributed by atoms with Crippen LogP contribution in [0.2, 0.25) is 0 Å². The molecule has 0 bridgehead atoms. The van der Waals surface area contributed by atoms with Crippen molar-refractivity contribution in [2.24, 2.45) is 0 Å². The molecular formula is C132H84O8P4S4. The van der Waals surface area contributed by atoms with Gasteiger partial charge < -0.3 is 37.9 Å². The van der Waals surface area contributed by atoms with Crippen LogP contribution in [-0.2, 0) is 47.2 Å². The van der Waals surface area contributed by atoms with Crippen LogP contribution in [0.25, 0.3) is 111 Å². The molecule has 22 aromatic rings. The second-order valence-corrected chi connectivity index (χ2v) is 54.2. The van der Waals surface area contributed by atoms with Crippen molar-refractivity contribution in [2.75, 3.05) is 0 Å². The summed E-state index contributed by atoms with van der Waals surface area (Å²) in [6, 6.07) is 166. The molecule has 30 rings (SSSR count). The number of rotatable bonds is 10. The number of ether oxygens (including phenoxy) is 8. The number of para-hydroxylation sites is 2. The monoisotopic (exact) mass is 2050 g/mol. The maximum Gasteiger partial charge on any atom is 0.148 e. The quantitative estimate of drug-likeness (QED) is 0.122. The molecule has 8 aliphatic heterocycles. The molecule has 0 spiro atoms. The third-order valence-corrected chi connectivity index (χ3v) is 48.0. The predicted molar refractivity (Wildman–Crippen MR) is 625 cm³/mol. The van der Waals surface area contributed by atoms with Crippen LogP contribution in [0, 0.1) is 0 Å². The molecule has 0 N–H and O–H groups in total. The van der Waals surface area contributed by atoms with E-state index in [1.807, 2.05) is 121 Å². The maximum atomic E-state index is 6.89. The molecule has 0 saturated carbocycles. The lowest BCUT2D eigenvalue weighted by Crippen LogP contribution is -2.35. The molecule has 0 aliphatic carbocycles. The second-order valence-electron chi connectivity index (χ2n) is 37.1. The largest absolute Gasteiger partial charge is 0.456 e. The van der Waals surface area contributed by atoms with E-state index in [4.69, 9.17) is 85.1 Å². The summed E-state index contributed by atoms with van der Waals surface area (Å²) in [5, 5.41) is 12.6. The molecular weight excluding hydrogens is 1970 g/mol. The van der Waals surface area contributed by atoms with E-state index >= 15 is 0 Å². The van der Waals surface area contributed by atoms with E-state index in [0.29, 0.717) is 0 Å². The van der Waals surface area contributed by atoms with Crippen molar-refractivity contribution < 1.29 is 37.9 Å². The fraction of sp³-hybridized carbons (Fsp3) is 0. The Hall–Kier alpha value is -16.2. The Balaban J connectivity index is 0.0000000977. The van der Waals surface area contributed by atoms with E-state index in [2.05, 4.69) is 388 Å². The molecule has 148 heavy (non-hydrogen) atoms. The Morgan fingerprint density at radius 3 is 0.541 bits per heavy atom. The van der Waals surface area contributed by atoms with E-state index in [0.717, 1.165) is 267 Å². The van der Waals surface area contributed by atoms with Gasteiger partial charge in [0.25, 0.3) is 0 Å². The molecule has 704 valence electrons. The molecule has 0 saturated heterocycles. The average Bonchev–Trinajstić information content (AvgIpc) is 0.704. The van der Waals surface area contributed by atoms with Crippen LogP contribution in [0.5, 0.6) is 92.0 Å². The molecule has 4 atom stereocenters. The summed E-state index contributed by atoms with van der Waals surface area (Å²) in [5.74, 6) is 13.1. The van der Waals surface area contributed by atoms with Gasteiger partial charge >= 0.3 is 0 Å². The number of hydrogen-bond donors (Lipinski definition) is 0. The zero-order valence-corrected chi connectivity index (χ0v) is 86.0. The van der Waals surface area contributed by atoms with Gasteiger partial charge in [-0.05, 0) is 235 Å². The van der Waals surface area contributed by atoms with Gasteiger partial charge in [-0.25, -0.2) is 0 Å². The second kappa shape index (κ2) is 37.1. The van der Waals surface area contributed by atoms with Gasteiger partial charge in [0.15, 0.2) is 0 Å². The summed E-state index contributed by atoms with van der Waals surface area (Å²) in [4.78, 5) is 0. The van der Waals surface area contributed by atoms with Crippen LogP contribution in [0.1, 0.15) is 0 Å². The Bertz CT molecular complexity index is 9100. The molecule has 8 heterocycles. The summed E-state index contributed by atoms with van der Waals surface area (Å²) in [6.07, 6.45) is 0. The van der Waals surface area contributed by atoms with Crippen LogP contribution in [0.15, 0.2) is 510 Å². The minimum absolute atomic E-state index is 0.784. The number of fused-ring (bicyclic) bond motifs is 16. The highest BCUT2D eigenvalue weighted by atomic mass is 32.5. The SMILES string of the molecule is S=P12c3cc(-c4ccccc4)ccc3Oc3ccc(-c4ccccc4)c(c31)Oc1cc(-c3ccccc3)ccc12.S=P12c3cc(-c4ccccc4)ccc3Oc3ccc(-c4ccccc4)c(c31)Oc1ccccc12.S=P12c3ccc(-c4ccccc4)cc3Oc3ccc(-c4ccccc4)c(c31)Oc1ccc(-c3ccccc3)cc12.S=P12c3ccccc3Oc3ccc(-c4ccccc4)c(c31)Oc1ccc(-c3ccccc3)cc12. The van der Waals surface area contributed by atoms with Crippen molar-refractivity contribution in [3.63, 3.8) is 0 Å². The van der Waals surface area contributed by atoms with Crippen molar-refractivity contribution in [3.8, 4) is 203 Å². The van der Waals surface area contributed by atoms with Crippen LogP contribution in [-0.4, -0.2) is 0 Å². The number of hydrogen-bond acceptors (Lipinski definition) is 12. The van der Waals surface area contributed by atoms with E-state index < -0.39 is 24.2 Å². The van der Waals surface area contributed by atoms with Gasteiger partial charge in [-0.15, -0.1) is 0 Å². The molecule has 22 aromatic carbocycles. The van der Waals surface area contributed by atoms with Gasteiger partial charge in [0.05, 0.1) is 45.4 Å². The highest BCUT2D eigenvalue weighted by Crippen LogP contribution is 2.67. The fourth-order valence-corrected chi connectivity index (χ4v) is 39.5. The summed E-state index contributed by atoms with van der Waals surface area (Å²) in [5.41, 5.74) is 22.2. The minimum Gasteiger partial charge on any atom is -0.456 e.